The number of hydrogen-bond donors (Lipinski definition) is 1. The normalized spacial score (nSPS) is 15.2. The molecule has 0 aliphatic carbocycles. The number of benzene rings is 1. The summed E-state index contributed by atoms with van der Waals surface area (Å²) in [5.41, 5.74) is 3.43. The fraction of sp³-hybridized carbons (Fsp3) is 0.385. The summed E-state index contributed by atoms with van der Waals surface area (Å²) in [6.45, 7) is 2.88. The molecule has 1 aromatic heterocycles. The van der Waals surface area contributed by atoms with Crippen molar-refractivity contribution in [1.29, 1.82) is 0 Å². The average Bonchev–Trinajstić information content (AvgIpc) is 3.05. The van der Waals surface area contributed by atoms with Gasteiger partial charge in [-0.15, -0.1) is 0 Å². The van der Waals surface area contributed by atoms with Crippen molar-refractivity contribution >= 4 is 5.69 Å². The van der Waals surface area contributed by atoms with E-state index < -0.39 is 0 Å². The lowest BCUT2D eigenvalue weighted by Crippen LogP contribution is -1.97. The van der Waals surface area contributed by atoms with E-state index in [0.717, 1.165) is 24.2 Å². The van der Waals surface area contributed by atoms with E-state index in [1.54, 1.807) is 7.11 Å². The minimum Gasteiger partial charge on any atom is -0.384 e. The molecule has 5 nitrogen and oxygen atoms in total. The Labute approximate surface area is 105 Å². The molecule has 1 N–H and O–H groups in total. The Balaban J connectivity index is 1.92. The van der Waals surface area contributed by atoms with Crippen molar-refractivity contribution in [1.82, 2.24) is 10.1 Å². The molecule has 2 aromatic rings. The van der Waals surface area contributed by atoms with Gasteiger partial charge in [-0.2, -0.15) is 4.98 Å². The van der Waals surface area contributed by atoms with E-state index in [9.17, 15) is 0 Å². The van der Waals surface area contributed by atoms with Gasteiger partial charge in [0.1, 0.15) is 6.10 Å². The third-order valence-electron chi connectivity index (χ3n) is 3.23. The molecule has 5 heteroatoms. The SMILES string of the molecule is COC(C)c1noc(-c2ccc3c(c2)NCC3)n1. The molecule has 0 radical (unpaired) electrons. The van der Waals surface area contributed by atoms with Gasteiger partial charge in [0.2, 0.25) is 5.82 Å². The van der Waals surface area contributed by atoms with Crippen molar-refractivity contribution in [3.63, 3.8) is 0 Å². The van der Waals surface area contributed by atoms with Crippen LogP contribution in [-0.4, -0.2) is 23.8 Å². The standard InChI is InChI=1S/C13H15N3O2/c1-8(17-2)12-15-13(18-16-12)10-4-3-9-5-6-14-11(9)7-10/h3-4,7-8,14H,5-6H2,1-2H3. The van der Waals surface area contributed by atoms with Crippen molar-refractivity contribution in [3.05, 3.63) is 29.6 Å². The molecule has 1 unspecified atom stereocenters. The molecule has 94 valence electrons. The zero-order chi connectivity index (χ0) is 12.5. The summed E-state index contributed by atoms with van der Waals surface area (Å²) in [5.74, 6) is 1.10. The van der Waals surface area contributed by atoms with Crippen LogP contribution in [0.15, 0.2) is 22.7 Å². The van der Waals surface area contributed by atoms with Crippen LogP contribution in [0.3, 0.4) is 0 Å². The van der Waals surface area contributed by atoms with Crippen LogP contribution in [0, 0.1) is 0 Å². The Hall–Kier alpha value is -1.88. The van der Waals surface area contributed by atoms with Crippen LogP contribution in [0.5, 0.6) is 0 Å². The highest BCUT2D eigenvalue weighted by Crippen LogP contribution is 2.28. The highest BCUT2D eigenvalue weighted by molar-refractivity contribution is 5.66. The van der Waals surface area contributed by atoms with Crippen LogP contribution >= 0.6 is 0 Å². The molecule has 0 saturated carbocycles. The van der Waals surface area contributed by atoms with Gasteiger partial charge in [-0.05, 0) is 31.0 Å². The molecular weight excluding hydrogens is 230 g/mol. The molecule has 2 heterocycles. The van der Waals surface area contributed by atoms with Gasteiger partial charge in [0.25, 0.3) is 5.89 Å². The maximum Gasteiger partial charge on any atom is 0.258 e. The lowest BCUT2D eigenvalue weighted by Gasteiger charge is -2.02. The van der Waals surface area contributed by atoms with Gasteiger partial charge in [0.15, 0.2) is 0 Å². The Kier molecular flexibility index (Phi) is 2.76. The maximum atomic E-state index is 5.26. The predicted octanol–water partition coefficient (Wildman–Crippen LogP) is 2.41. The van der Waals surface area contributed by atoms with E-state index in [0.29, 0.717) is 11.7 Å². The number of aromatic nitrogens is 2. The summed E-state index contributed by atoms with van der Waals surface area (Å²) in [6, 6.07) is 6.17. The first-order valence-electron chi connectivity index (χ1n) is 6.01. The smallest absolute Gasteiger partial charge is 0.258 e. The number of nitrogens with one attached hydrogen (secondary N) is 1. The Bertz CT molecular complexity index is 565. The summed E-state index contributed by atoms with van der Waals surface area (Å²) in [7, 11) is 1.63. The molecular formula is C13H15N3O2. The number of nitrogens with zero attached hydrogens (tertiary/aromatic N) is 2. The number of hydrogen-bond acceptors (Lipinski definition) is 5. The summed E-state index contributed by atoms with van der Waals surface area (Å²) >= 11 is 0. The third-order valence-corrected chi connectivity index (χ3v) is 3.23. The summed E-state index contributed by atoms with van der Waals surface area (Å²) < 4.78 is 10.4. The number of ether oxygens (including phenoxy) is 1. The first-order chi connectivity index (χ1) is 8.78. The molecule has 3 rings (SSSR count). The second-order valence-corrected chi connectivity index (χ2v) is 4.38. The molecule has 0 spiro atoms. The second kappa shape index (κ2) is 4.42. The minimum atomic E-state index is -0.157. The van der Waals surface area contributed by atoms with Crippen LogP contribution in [0.1, 0.15) is 24.4 Å². The van der Waals surface area contributed by atoms with Crippen molar-refractivity contribution in [2.24, 2.45) is 0 Å². The van der Waals surface area contributed by atoms with Crippen molar-refractivity contribution in [2.75, 3.05) is 19.0 Å². The molecule has 1 aliphatic rings. The van der Waals surface area contributed by atoms with Crippen LogP contribution in [0.4, 0.5) is 5.69 Å². The van der Waals surface area contributed by atoms with E-state index in [-0.39, 0.29) is 6.10 Å². The predicted molar refractivity (Wildman–Crippen MR) is 67.4 cm³/mol. The quantitative estimate of drug-likeness (QED) is 0.899. The van der Waals surface area contributed by atoms with Crippen LogP contribution in [0.2, 0.25) is 0 Å². The average molecular weight is 245 g/mol. The van der Waals surface area contributed by atoms with Gasteiger partial charge in [-0.3, -0.25) is 0 Å². The molecule has 0 bridgehead atoms. The monoisotopic (exact) mass is 245 g/mol. The van der Waals surface area contributed by atoms with E-state index in [1.165, 1.54) is 5.56 Å². The molecule has 18 heavy (non-hydrogen) atoms. The van der Waals surface area contributed by atoms with Gasteiger partial charge < -0.3 is 14.6 Å². The second-order valence-electron chi connectivity index (χ2n) is 4.38. The Morgan fingerprint density at radius 1 is 1.44 bits per heavy atom. The van der Waals surface area contributed by atoms with Crippen molar-refractivity contribution in [2.45, 2.75) is 19.4 Å². The first-order valence-corrected chi connectivity index (χ1v) is 6.01. The topological polar surface area (TPSA) is 60.2 Å². The minimum absolute atomic E-state index is 0.157. The fourth-order valence-electron chi connectivity index (χ4n) is 2.05. The Morgan fingerprint density at radius 3 is 3.17 bits per heavy atom. The fourth-order valence-corrected chi connectivity index (χ4v) is 2.05. The molecule has 0 amide bonds. The maximum absolute atomic E-state index is 5.26. The molecule has 1 aliphatic heterocycles. The molecule has 0 saturated heterocycles. The van der Waals surface area contributed by atoms with Gasteiger partial charge in [-0.1, -0.05) is 11.2 Å². The van der Waals surface area contributed by atoms with Gasteiger partial charge in [0.05, 0.1) is 0 Å². The highest BCUT2D eigenvalue weighted by atomic mass is 16.5. The number of fused-ring (bicyclic) bond motifs is 1. The lowest BCUT2D eigenvalue weighted by molar-refractivity contribution is 0.109. The summed E-state index contributed by atoms with van der Waals surface area (Å²) in [5, 5.41) is 7.26. The number of methoxy groups -OCH3 is 1. The first kappa shape index (κ1) is 11.2. The summed E-state index contributed by atoms with van der Waals surface area (Å²) in [6.07, 6.45) is 0.917. The van der Waals surface area contributed by atoms with Crippen molar-refractivity contribution < 1.29 is 9.26 Å². The van der Waals surface area contributed by atoms with Crippen molar-refractivity contribution in [3.8, 4) is 11.5 Å². The molecule has 1 atom stereocenters. The van der Waals surface area contributed by atoms with Crippen LogP contribution in [-0.2, 0) is 11.2 Å². The van der Waals surface area contributed by atoms with E-state index in [2.05, 4.69) is 27.6 Å². The highest BCUT2D eigenvalue weighted by Gasteiger charge is 2.16. The summed E-state index contributed by atoms with van der Waals surface area (Å²) in [4.78, 5) is 4.35. The zero-order valence-corrected chi connectivity index (χ0v) is 10.4. The number of anilines is 1. The third kappa shape index (κ3) is 1.86. The number of rotatable bonds is 3. The van der Waals surface area contributed by atoms with E-state index >= 15 is 0 Å². The van der Waals surface area contributed by atoms with Gasteiger partial charge in [-0.25, -0.2) is 0 Å². The van der Waals surface area contributed by atoms with Crippen LogP contribution < -0.4 is 5.32 Å². The molecule has 0 fully saturated rings. The van der Waals surface area contributed by atoms with Gasteiger partial charge >= 0.3 is 0 Å². The van der Waals surface area contributed by atoms with E-state index in [1.807, 2.05) is 13.0 Å². The largest absolute Gasteiger partial charge is 0.384 e. The zero-order valence-electron chi connectivity index (χ0n) is 10.4. The lowest BCUT2D eigenvalue weighted by atomic mass is 10.1. The van der Waals surface area contributed by atoms with Crippen LogP contribution in [0.25, 0.3) is 11.5 Å². The Morgan fingerprint density at radius 2 is 2.33 bits per heavy atom. The molecule has 1 aromatic carbocycles. The van der Waals surface area contributed by atoms with E-state index in [4.69, 9.17) is 9.26 Å². The van der Waals surface area contributed by atoms with Gasteiger partial charge in [0, 0.05) is 24.9 Å².